The fourth-order valence-electron chi connectivity index (χ4n) is 1.76. The van der Waals surface area contributed by atoms with E-state index >= 15 is 0 Å². The van der Waals surface area contributed by atoms with Gasteiger partial charge in [0, 0.05) is 12.2 Å². The number of ether oxygens (including phenoxy) is 1. The largest absolute Gasteiger partial charge is 0.573 e. The number of benzene rings is 2. The Morgan fingerprint density at radius 3 is 2.57 bits per heavy atom. The fraction of sp³-hybridized carbons (Fsp3) is 0.133. The van der Waals surface area contributed by atoms with Crippen LogP contribution in [0.4, 0.5) is 18.9 Å². The van der Waals surface area contributed by atoms with Gasteiger partial charge in [-0.05, 0) is 35.9 Å². The predicted molar refractivity (Wildman–Crippen MR) is 71.6 cm³/mol. The molecule has 6 heteroatoms. The minimum Gasteiger partial charge on any atom is -0.406 e. The zero-order chi connectivity index (χ0) is 15.3. The molecular formula is C15H11F3N2O. The highest BCUT2D eigenvalue weighted by Crippen LogP contribution is 2.23. The first kappa shape index (κ1) is 14.7. The number of alkyl halides is 3. The third-order valence-electron chi connectivity index (χ3n) is 2.62. The molecule has 0 fully saturated rings. The van der Waals surface area contributed by atoms with Gasteiger partial charge >= 0.3 is 6.36 Å². The van der Waals surface area contributed by atoms with Crippen molar-refractivity contribution >= 4 is 5.69 Å². The molecule has 0 aromatic heterocycles. The summed E-state index contributed by atoms with van der Waals surface area (Å²) >= 11 is 0. The van der Waals surface area contributed by atoms with Gasteiger partial charge in [0.15, 0.2) is 0 Å². The summed E-state index contributed by atoms with van der Waals surface area (Å²) in [7, 11) is 0. The summed E-state index contributed by atoms with van der Waals surface area (Å²) in [5.41, 5.74) is 1.87. The van der Waals surface area contributed by atoms with Crippen molar-refractivity contribution in [1.82, 2.24) is 0 Å². The molecule has 0 bridgehead atoms. The summed E-state index contributed by atoms with van der Waals surface area (Å²) in [5.74, 6) is -0.257. The number of rotatable bonds is 4. The zero-order valence-electron chi connectivity index (χ0n) is 10.8. The minimum atomic E-state index is -4.70. The summed E-state index contributed by atoms with van der Waals surface area (Å²) in [6.07, 6.45) is -4.70. The summed E-state index contributed by atoms with van der Waals surface area (Å²) in [5, 5.41) is 11.8. The Kier molecular flexibility index (Phi) is 4.33. The Bertz CT molecular complexity index is 662. The summed E-state index contributed by atoms with van der Waals surface area (Å²) in [4.78, 5) is 0. The van der Waals surface area contributed by atoms with Crippen LogP contribution in [0.3, 0.4) is 0 Å². The lowest BCUT2D eigenvalue weighted by Crippen LogP contribution is -2.17. The van der Waals surface area contributed by atoms with Crippen molar-refractivity contribution in [2.75, 3.05) is 5.32 Å². The first-order valence-corrected chi connectivity index (χ1v) is 6.05. The van der Waals surface area contributed by atoms with Crippen LogP contribution in [0, 0.1) is 11.3 Å². The molecule has 0 unspecified atom stereocenters. The molecule has 1 N–H and O–H groups in total. The van der Waals surface area contributed by atoms with Gasteiger partial charge in [0.2, 0.25) is 0 Å². The Labute approximate surface area is 119 Å². The van der Waals surface area contributed by atoms with Gasteiger partial charge in [-0.15, -0.1) is 13.2 Å². The van der Waals surface area contributed by atoms with E-state index < -0.39 is 6.36 Å². The fourth-order valence-corrected chi connectivity index (χ4v) is 1.76. The Morgan fingerprint density at radius 2 is 1.86 bits per heavy atom. The van der Waals surface area contributed by atoms with Crippen molar-refractivity contribution in [2.24, 2.45) is 0 Å². The van der Waals surface area contributed by atoms with Crippen molar-refractivity contribution in [3.63, 3.8) is 0 Å². The maximum atomic E-state index is 12.1. The first-order valence-electron chi connectivity index (χ1n) is 6.05. The van der Waals surface area contributed by atoms with Crippen LogP contribution in [0.5, 0.6) is 5.75 Å². The number of nitrogens with one attached hydrogen (secondary N) is 1. The monoisotopic (exact) mass is 292 g/mol. The van der Waals surface area contributed by atoms with Crippen LogP contribution < -0.4 is 10.1 Å². The maximum Gasteiger partial charge on any atom is 0.573 e. The molecule has 0 saturated carbocycles. The second-order valence-electron chi connectivity index (χ2n) is 4.24. The first-order chi connectivity index (χ1) is 9.96. The third kappa shape index (κ3) is 4.73. The number of anilines is 1. The van der Waals surface area contributed by atoms with E-state index in [0.29, 0.717) is 17.7 Å². The van der Waals surface area contributed by atoms with Gasteiger partial charge in [-0.25, -0.2) is 0 Å². The van der Waals surface area contributed by atoms with Gasteiger partial charge in [-0.1, -0.05) is 18.2 Å². The number of halogens is 3. The van der Waals surface area contributed by atoms with E-state index in [4.69, 9.17) is 5.26 Å². The predicted octanol–water partition coefficient (Wildman–Crippen LogP) is 4.07. The Hall–Kier alpha value is -2.68. The average molecular weight is 292 g/mol. The van der Waals surface area contributed by atoms with Crippen LogP contribution in [0.25, 0.3) is 0 Å². The van der Waals surface area contributed by atoms with Crippen molar-refractivity contribution in [3.8, 4) is 11.8 Å². The zero-order valence-corrected chi connectivity index (χ0v) is 10.8. The highest BCUT2D eigenvalue weighted by atomic mass is 19.4. The lowest BCUT2D eigenvalue weighted by atomic mass is 10.2. The maximum absolute atomic E-state index is 12.1. The van der Waals surface area contributed by atoms with Crippen molar-refractivity contribution < 1.29 is 17.9 Å². The van der Waals surface area contributed by atoms with Crippen molar-refractivity contribution in [1.29, 1.82) is 5.26 Å². The number of nitriles is 1. The number of hydrogen-bond acceptors (Lipinski definition) is 3. The molecule has 21 heavy (non-hydrogen) atoms. The summed E-state index contributed by atoms with van der Waals surface area (Å²) in [6.45, 7) is 0.323. The minimum absolute atomic E-state index is 0.257. The second-order valence-corrected chi connectivity index (χ2v) is 4.24. The van der Waals surface area contributed by atoms with E-state index in [1.807, 2.05) is 6.07 Å². The number of hydrogen-bond donors (Lipinski definition) is 1. The van der Waals surface area contributed by atoms with Gasteiger partial charge in [-0.2, -0.15) is 5.26 Å². The summed E-state index contributed by atoms with van der Waals surface area (Å²) < 4.78 is 40.3. The molecule has 0 aliphatic heterocycles. The van der Waals surface area contributed by atoms with E-state index in [-0.39, 0.29) is 5.75 Å². The normalized spacial score (nSPS) is 10.8. The van der Waals surface area contributed by atoms with E-state index in [1.54, 1.807) is 30.3 Å². The van der Waals surface area contributed by atoms with E-state index in [2.05, 4.69) is 10.1 Å². The molecule has 0 atom stereocenters. The van der Waals surface area contributed by atoms with Gasteiger partial charge in [0.25, 0.3) is 0 Å². The van der Waals surface area contributed by atoms with Crippen molar-refractivity contribution in [2.45, 2.75) is 12.9 Å². The van der Waals surface area contributed by atoms with Crippen LogP contribution in [-0.4, -0.2) is 6.36 Å². The molecule has 0 heterocycles. The molecule has 108 valence electrons. The molecule has 0 aliphatic carbocycles. The number of nitrogens with zero attached hydrogens (tertiary/aromatic N) is 1. The molecule has 0 aliphatic rings. The SMILES string of the molecule is N#Cc1cccc(NCc2cccc(OC(F)(F)F)c2)c1. The highest BCUT2D eigenvalue weighted by Gasteiger charge is 2.31. The molecule has 0 spiro atoms. The second kappa shape index (κ2) is 6.18. The van der Waals surface area contributed by atoms with E-state index in [0.717, 1.165) is 5.69 Å². The Balaban J connectivity index is 2.03. The molecule has 0 amide bonds. The standard InChI is InChI=1S/C15H11F3N2O/c16-15(17,18)21-14-6-2-4-12(8-14)10-20-13-5-1-3-11(7-13)9-19/h1-8,20H,10H2. The van der Waals surface area contributed by atoms with Crippen LogP contribution in [0.15, 0.2) is 48.5 Å². The van der Waals surface area contributed by atoms with Crippen LogP contribution in [0.1, 0.15) is 11.1 Å². The van der Waals surface area contributed by atoms with Gasteiger partial charge in [-0.3, -0.25) is 0 Å². The topological polar surface area (TPSA) is 45.0 Å². The Morgan fingerprint density at radius 1 is 1.10 bits per heavy atom. The molecule has 2 aromatic rings. The molecule has 0 saturated heterocycles. The molecule has 0 radical (unpaired) electrons. The average Bonchev–Trinajstić information content (AvgIpc) is 2.44. The van der Waals surface area contributed by atoms with Gasteiger partial charge < -0.3 is 10.1 Å². The van der Waals surface area contributed by atoms with Crippen LogP contribution in [0.2, 0.25) is 0 Å². The third-order valence-corrected chi connectivity index (χ3v) is 2.62. The molecule has 2 rings (SSSR count). The molecule has 2 aromatic carbocycles. The lowest BCUT2D eigenvalue weighted by molar-refractivity contribution is -0.274. The van der Waals surface area contributed by atoms with Crippen LogP contribution in [-0.2, 0) is 6.54 Å². The quantitative estimate of drug-likeness (QED) is 0.924. The molecule has 3 nitrogen and oxygen atoms in total. The van der Waals surface area contributed by atoms with Crippen LogP contribution >= 0.6 is 0 Å². The summed E-state index contributed by atoms with van der Waals surface area (Å²) in [6, 6.07) is 14.6. The van der Waals surface area contributed by atoms with Gasteiger partial charge in [0.05, 0.1) is 11.6 Å². The van der Waals surface area contributed by atoms with E-state index in [9.17, 15) is 13.2 Å². The van der Waals surface area contributed by atoms with E-state index in [1.165, 1.54) is 18.2 Å². The van der Waals surface area contributed by atoms with Crippen molar-refractivity contribution in [3.05, 3.63) is 59.7 Å². The molecular weight excluding hydrogens is 281 g/mol. The van der Waals surface area contributed by atoms with Gasteiger partial charge in [0.1, 0.15) is 5.75 Å². The lowest BCUT2D eigenvalue weighted by Gasteiger charge is -2.11. The highest BCUT2D eigenvalue weighted by molar-refractivity contribution is 5.49. The smallest absolute Gasteiger partial charge is 0.406 e.